The fourth-order valence-corrected chi connectivity index (χ4v) is 9.02. The van der Waals surface area contributed by atoms with Gasteiger partial charge in [-0.3, -0.25) is 19.8 Å². The number of benzene rings is 2. The molecule has 10 nitrogen and oxygen atoms in total. The van der Waals surface area contributed by atoms with E-state index in [2.05, 4.69) is 9.97 Å². The molecule has 1 aliphatic rings. The molecule has 1 saturated heterocycles. The Hall–Kier alpha value is -4.39. The van der Waals surface area contributed by atoms with Gasteiger partial charge in [0, 0.05) is 40.0 Å². The van der Waals surface area contributed by atoms with E-state index in [0.29, 0.717) is 16.0 Å². The predicted octanol–water partition coefficient (Wildman–Crippen LogP) is 4.67. The van der Waals surface area contributed by atoms with Crippen LogP contribution in [0.15, 0.2) is 89.9 Å². The summed E-state index contributed by atoms with van der Waals surface area (Å²) in [5.74, 6) is -0.908. The summed E-state index contributed by atoms with van der Waals surface area (Å²) >= 11 is 1.27. The summed E-state index contributed by atoms with van der Waals surface area (Å²) in [6.45, 7) is 0.0384. The fraction of sp³-hybridized carbons (Fsp3) is 0.200. The van der Waals surface area contributed by atoms with E-state index in [-0.39, 0.29) is 36.9 Å². The van der Waals surface area contributed by atoms with Crippen molar-refractivity contribution >= 4 is 43.8 Å². The van der Waals surface area contributed by atoms with Gasteiger partial charge >= 0.3 is 0 Å². The van der Waals surface area contributed by atoms with E-state index in [1.807, 2.05) is 60.7 Å². The lowest BCUT2D eigenvalue weighted by Crippen LogP contribution is -2.41. The quantitative estimate of drug-likeness (QED) is 0.211. The summed E-state index contributed by atoms with van der Waals surface area (Å²) in [6.07, 6.45) is 4.03. The molecule has 42 heavy (non-hydrogen) atoms. The summed E-state index contributed by atoms with van der Waals surface area (Å²) in [4.78, 5) is 37.2. The Morgan fingerprint density at radius 3 is 2.57 bits per heavy atom. The second-order valence-electron chi connectivity index (χ2n) is 10.1. The molecular formula is C30H26N4O6S2. The van der Waals surface area contributed by atoms with Crippen molar-refractivity contribution in [3.63, 3.8) is 0 Å². The minimum absolute atomic E-state index is 0.0242. The maximum atomic E-state index is 14.0. The van der Waals surface area contributed by atoms with Gasteiger partial charge in [0.05, 0.1) is 18.4 Å². The van der Waals surface area contributed by atoms with Gasteiger partial charge in [-0.1, -0.05) is 48.5 Å². The normalized spacial score (nSPS) is 18.5. The Kier molecular flexibility index (Phi) is 7.35. The average Bonchev–Trinajstić information content (AvgIpc) is 3.71. The Balaban J connectivity index is 1.34. The number of hydroxylamine groups is 1. The minimum Gasteiger partial charge on any atom is -0.444 e. The smallest absolute Gasteiger partial charge is 0.273 e. The first-order chi connectivity index (χ1) is 20.3. The standard InChI is InChI=1S/C30H26N4O6S2/c35-27(33-37)17-30(26-10-9-25(41-26)22-7-5-21(6-8-22)24-18-31-19-40-24)12-14-34(15-16-42(30,38)39)29(36)28-23-4-2-1-3-20(23)11-13-32-28/h1-11,13,18-19,37H,12,14-17H2,(H,33,35). The van der Waals surface area contributed by atoms with E-state index < -0.39 is 26.9 Å². The third-order valence-corrected chi connectivity index (χ3v) is 11.6. The number of rotatable bonds is 6. The van der Waals surface area contributed by atoms with Gasteiger partial charge in [0.2, 0.25) is 5.91 Å². The number of sulfone groups is 1. The lowest BCUT2D eigenvalue weighted by atomic mass is 9.97. The Morgan fingerprint density at radius 1 is 1.02 bits per heavy atom. The topological polar surface area (TPSA) is 143 Å². The molecule has 1 unspecified atom stereocenters. The molecule has 4 heterocycles. The highest BCUT2D eigenvalue weighted by Crippen LogP contribution is 2.45. The molecule has 0 radical (unpaired) electrons. The molecule has 1 aliphatic heterocycles. The van der Waals surface area contributed by atoms with Gasteiger partial charge in [0.25, 0.3) is 5.91 Å². The number of pyridine rings is 1. The predicted molar refractivity (Wildman–Crippen MR) is 158 cm³/mol. The maximum absolute atomic E-state index is 14.0. The molecule has 0 bridgehead atoms. The number of amides is 2. The second-order valence-corrected chi connectivity index (χ2v) is 13.6. The highest BCUT2D eigenvalue weighted by Gasteiger charge is 2.50. The van der Waals surface area contributed by atoms with Gasteiger partial charge < -0.3 is 9.32 Å². The molecule has 6 rings (SSSR count). The molecule has 0 spiro atoms. The van der Waals surface area contributed by atoms with Crippen LogP contribution < -0.4 is 5.48 Å². The average molecular weight is 603 g/mol. The van der Waals surface area contributed by atoms with Crippen LogP contribution in [0, 0.1) is 0 Å². The summed E-state index contributed by atoms with van der Waals surface area (Å²) in [5.41, 5.74) is 3.56. The zero-order valence-corrected chi connectivity index (χ0v) is 23.9. The van der Waals surface area contributed by atoms with Crippen molar-refractivity contribution in [2.24, 2.45) is 0 Å². The SMILES string of the molecule is O=C(CC1(c2ccc(-c3ccc(-c4cnco4)cc3)s2)CCN(C(=O)c2nccc3ccccc23)CCS1(=O)=O)NO. The number of hydrogen-bond acceptors (Lipinski definition) is 9. The third kappa shape index (κ3) is 4.97. The second kappa shape index (κ2) is 11.1. The Morgan fingerprint density at radius 2 is 1.81 bits per heavy atom. The highest BCUT2D eigenvalue weighted by atomic mass is 32.2. The van der Waals surface area contributed by atoms with Crippen molar-refractivity contribution < 1.29 is 27.6 Å². The molecule has 2 aromatic carbocycles. The van der Waals surface area contributed by atoms with E-state index in [0.717, 1.165) is 21.4 Å². The van der Waals surface area contributed by atoms with Crippen LogP contribution in [0.25, 0.3) is 32.5 Å². The van der Waals surface area contributed by atoms with Crippen molar-refractivity contribution in [3.8, 4) is 21.8 Å². The van der Waals surface area contributed by atoms with Gasteiger partial charge in [-0.05, 0) is 35.6 Å². The largest absolute Gasteiger partial charge is 0.444 e. The van der Waals surface area contributed by atoms with Crippen molar-refractivity contribution in [3.05, 3.63) is 96.1 Å². The monoisotopic (exact) mass is 602 g/mol. The van der Waals surface area contributed by atoms with Gasteiger partial charge in [-0.15, -0.1) is 11.3 Å². The van der Waals surface area contributed by atoms with Crippen molar-refractivity contribution in [1.29, 1.82) is 0 Å². The third-order valence-electron chi connectivity index (χ3n) is 7.69. The van der Waals surface area contributed by atoms with Gasteiger partial charge in [-0.25, -0.2) is 18.9 Å². The minimum atomic E-state index is -3.97. The Labute approximate surface area is 245 Å². The molecule has 2 amide bonds. The summed E-state index contributed by atoms with van der Waals surface area (Å²) in [6, 6.07) is 20.3. The highest BCUT2D eigenvalue weighted by molar-refractivity contribution is 7.92. The van der Waals surface area contributed by atoms with Crippen LogP contribution in [-0.2, 0) is 19.4 Å². The number of aromatic nitrogens is 2. The number of carbonyl (C=O) groups is 2. The number of thiophene rings is 1. The first kappa shape index (κ1) is 27.8. The first-order valence-corrected chi connectivity index (χ1v) is 15.7. The number of hydrogen-bond donors (Lipinski definition) is 2. The van der Waals surface area contributed by atoms with Crippen LogP contribution in [0.5, 0.6) is 0 Å². The molecule has 12 heteroatoms. The summed E-state index contributed by atoms with van der Waals surface area (Å²) in [7, 11) is -3.97. The van der Waals surface area contributed by atoms with Crippen molar-refractivity contribution in [1.82, 2.24) is 20.3 Å². The van der Waals surface area contributed by atoms with E-state index in [4.69, 9.17) is 4.42 Å². The summed E-state index contributed by atoms with van der Waals surface area (Å²) < 4.78 is 31.7. The van der Waals surface area contributed by atoms with E-state index in [9.17, 15) is 23.2 Å². The molecular weight excluding hydrogens is 576 g/mol. The fourth-order valence-electron chi connectivity index (χ4n) is 5.41. The van der Waals surface area contributed by atoms with Crippen LogP contribution in [0.2, 0.25) is 0 Å². The van der Waals surface area contributed by atoms with Crippen LogP contribution in [0.4, 0.5) is 0 Å². The zero-order valence-electron chi connectivity index (χ0n) is 22.3. The van der Waals surface area contributed by atoms with Crippen LogP contribution in [0.1, 0.15) is 28.2 Å². The number of oxazole rings is 1. The van der Waals surface area contributed by atoms with Gasteiger partial charge in [0.15, 0.2) is 22.0 Å². The molecule has 3 aromatic heterocycles. The van der Waals surface area contributed by atoms with Crippen molar-refractivity contribution in [2.75, 3.05) is 18.8 Å². The molecule has 5 aromatic rings. The maximum Gasteiger partial charge on any atom is 0.273 e. The lowest BCUT2D eigenvalue weighted by Gasteiger charge is -2.30. The first-order valence-electron chi connectivity index (χ1n) is 13.2. The van der Waals surface area contributed by atoms with Gasteiger partial charge in [-0.2, -0.15) is 0 Å². The molecule has 0 saturated carbocycles. The molecule has 1 fully saturated rings. The van der Waals surface area contributed by atoms with Crippen LogP contribution in [-0.4, -0.2) is 59.1 Å². The molecule has 214 valence electrons. The van der Waals surface area contributed by atoms with Gasteiger partial charge in [0.1, 0.15) is 10.4 Å². The number of nitrogens with zero attached hydrogens (tertiary/aromatic N) is 3. The van der Waals surface area contributed by atoms with E-state index in [1.165, 1.54) is 22.6 Å². The molecule has 2 N–H and O–H groups in total. The number of carbonyl (C=O) groups excluding carboxylic acids is 2. The van der Waals surface area contributed by atoms with E-state index in [1.54, 1.807) is 23.9 Å². The number of nitrogens with one attached hydrogen (secondary N) is 1. The Bertz CT molecular complexity index is 1860. The lowest BCUT2D eigenvalue weighted by molar-refractivity contribution is -0.129. The van der Waals surface area contributed by atoms with Crippen molar-refractivity contribution in [2.45, 2.75) is 17.6 Å². The van der Waals surface area contributed by atoms with E-state index >= 15 is 0 Å². The molecule has 1 atom stereocenters. The zero-order chi connectivity index (χ0) is 29.3. The number of fused-ring (bicyclic) bond motifs is 1. The van der Waals surface area contributed by atoms with Crippen LogP contribution >= 0.6 is 11.3 Å². The summed E-state index contributed by atoms with van der Waals surface area (Å²) in [5, 5.41) is 10.9. The van der Waals surface area contributed by atoms with Crippen LogP contribution in [0.3, 0.4) is 0 Å². The molecule has 0 aliphatic carbocycles.